The molecule has 0 spiro atoms. The summed E-state index contributed by atoms with van der Waals surface area (Å²) >= 11 is 1.34. The van der Waals surface area contributed by atoms with E-state index in [0.29, 0.717) is 16.4 Å². The largest absolute Gasteiger partial charge is 0.300 e. The van der Waals surface area contributed by atoms with E-state index >= 15 is 0 Å². The predicted molar refractivity (Wildman–Crippen MR) is 70.2 cm³/mol. The maximum absolute atomic E-state index is 11.5. The highest BCUT2D eigenvalue weighted by molar-refractivity contribution is 8.13. The number of non-ortho nitro benzene ring substituents is 1. The van der Waals surface area contributed by atoms with Gasteiger partial charge in [-0.1, -0.05) is 11.8 Å². The maximum atomic E-state index is 11.5. The predicted octanol–water partition coefficient (Wildman–Crippen LogP) is 1.78. The lowest BCUT2D eigenvalue weighted by atomic mass is 10.2. The molecule has 18 heavy (non-hydrogen) atoms. The zero-order valence-corrected chi connectivity index (χ0v) is 10.2. The van der Waals surface area contributed by atoms with Crippen LogP contribution in [0.3, 0.4) is 0 Å². The lowest BCUT2D eigenvalue weighted by Crippen LogP contribution is -2.21. The van der Waals surface area contributed by atoms with Crippen molar-refractivity contribution in [3.63, 3.8) is 0 Å². The van der Waals surface area contributed by atoms with E-state index in [1.165, 1.54) is 23.9 Å². The Kier molecular flexibility index (Phi) is 3.42. The molecule has 0 aliphatic carbocycles. The summed E-state index contributed by atoms with van der Waals surface area (Å²) in [6.45, 7) is 0. The van der Waals surface area contributed by atoms with E-state index in [1.54, 1.807) is 18.2 Å². The van der Waals surface area contributed by atoms with Gasteiger partial charge in [-0.05, 0) is 30.0 Å². The van der Waals surface area contributed by atoms with Gasteiger partial charge in [0.25, 0.3) is 11.6 Å². The first-order valence-electron chi connectivity index (χ1n) is 5.00. The minimum atomic E-state index is -0.469. The summed E-state index contributed by atoms with van der Waals surface area (Å²) in [6, 6.07) is 5.92. The molecule has 1 heterocycles. The number of benzene rings is 1. The molecule has 0 atom stereocenters. The Bertz CT molecular complexity index is 563. The number of nitro benzene ring substituents is 1. The molecule has 1 amide bonds. The van der Waals surface area contributed by atoms with E-state index in [0.717, 1.165) is 0 Å². The lowest BCUT2D eigenvalue weighted by molar-refractivity contribution is -0.384. The fourth-order valence-corrected chi connectivity index (χ4v) is 1.78. The Morgan fingerprint density at radius 2 is 2.06 bits per heavy atom. The summed E-state index contributed by atoms with van der Waals surface area (Å²) in [7, 11) is 0. The molecule has 1 N–H and O–H groups in total. The Morgan fingerprint density at radius 1 is 1.39 bits per heavy atom. The average molecular weight is 263 g/mol. The summed E-state index contributed by atoms with van der Waals surface area (Å²) in [5.74, 6) is -0.266. The fourth-order valence-electron chi connectivity index (χ4n) is 1.39. The number of nitrogens with zero attached hydrogens (tertiary/aromatic N) is 2. The number of hydrogen-bond acceptors (Lipinski definition) is 5. The third-order valence-corrected chi connectivity index (χ3v) is 2.86. The quantitative estimate of drug-likeness (QED) is 0.500. The first-order valence-corrected chi connectivity index (χ1v) is 6.23. The van der Waals surface area contributed by atoms with Crippen LogP contribution in [-0.2, 0) is 4.79 Å². The third-order valence-electron chi connectivity index (χ3n) is 2.28. The van der Waals surface area contributed by atoms with E-state index in [4.69, 9.17) is 0 Å². The molecule has 1 aromatic rings. The molecule has 0 bridgehead atoms. The highest BCUT2D eigenvalue weighted by Crippen LogP contribution is 2.17. The van der Waals surface area contributed by atoms with E-state index in [1.807, 2.05) is 6.26 Å². The van der Waals surface area contributed by atoms with E-state index < -0.39 is 4.92 Å². The van der Waals surface area contributed by atoms with Crippen LogP contribution < -0.4 is 5.32 Å². The van der Waals surface area contributed by atoms with Gasteiger partial charge in [-0.25, -0.2) is 4.99 Å². The van der Waals surface area contributed by atoms with Crippen LogP contribution in [0.2, 0.25) is 0 Å². The van der Waals surface area contributed by atoms with Crippen LogP contribution in [-0.4, -0.2) is 22.3 Å². The number of hydrogen-bond donors (Lipinski definition) is 1. The SMILES string of the molecule is CSC1=N/C(=C\c2ccc([N+](=O)[O-])cc2)C(=O)N1. The number of amides is 1. The van der Waals surface area contributed by atoms with Gasteiger partial charge in [0, 0.05) is 12.1 Å². The summed E-state index contributed by atoms with van der Waals surface area (Å²) in [5.41, 5.74) is 1.01. The molecule has 0 aromatic heterocycles. The van der Waals surface area contributed by atoms with E-state index in [2.05, 4.69) is 10.3 Å². The molecule has 0 saturated carbocycles. The van der Waals surface area contributed by atoms with Gasteiger partial charge in [-0.2, -0.15) is 0 Å². The number of aliphatic imine (C=N–C) groups is 1. The molecular formula is C11H9N3O3S. The minimum absolute atomic E-state index is 0.0151. The minimum Gasteiger partial charge on any atom is -0.300 e. The van der Waals surface area contributed by atoms with Crippen molar-refractivity contribution in [3.8, 4) is 0 Å². The van der Waals surface area contributed by atoms with Crippen molar-refractivity contribution in [3.05, 3.63) is 45.6 Å². The normalized spacial score (nSPS) is 16.6. The molecule has 0 fully saturated rings. The lowest BCUT2D eigenvalue weighted by Gasteiger charge is -1.94. The summed E-state index contributed by atoms with van der Waals surface area (Å²) in [5, 5.41) is 13.6. The van der Waals surface area contributed by atoms with Crippen molar-refractivity contribution >= 4 is 34.6 Å². The fraction of sp³-hybridized carbons (Fsp3) is 0.0909. The number of carbonyl (C=O) groups is 1. The zero-order valence-electron chi connectivity index (χ0n) is 9.41. The van der Waals surface area contributed by atoms with Crippen LogP contribution in [0.1, 0.15) is 5.56 Å². The number of nitrogens with one attached hydrogen (secondary N) is 1. The van der Waals surface area contributed by atoms with Crippen molar-refractivity contribution in [1.29, 1.82) is 0 Å². The summed E-state index contributed by atoms with van der Waals surface area (Å²) in [6.07, 6.45) is 3.40. The van der Waals surface area contributed by atoms with Crippen LogP contribution in [0, 0.1) is 10.1 Å². The highest BCUT2D eigenvalue weighted by atomic mass is 32.2. The number of nitro groups is 1. The van der Waals surface area contributed by atoms with Crippen LogP contribution in [0.5, 0.6) is 0 Å². The molecular weight excluding hydrogens is 254 g/mol. The first kappa shape index (κ1) is 12.3. The molecule has 6 nitrogen and oxygen atoms in total. The smallest absolute Gasteiger partial charge is 0.275 e. The molecule has 1 aromatic carbocycles. The molecule has 0 saturated heterocycles. The van der Waals surface area contributed by atoms with Gasteiger partial charge in [0.05, 0.1) is 4.92 Å². The molecule has 2 rings (SSSR count). The standard InChI is InChI=1S/C11H9N3O3S/c1-18-11-12-9(10(15)13-11)6-7-2-4-8(5-3-7)14(16)17/h2-6H,1H3,(H,12,13,15)/b9-6-. The second kappa shape index (κ2) is 5.01. The molecule has 1 aliphatic rings. The second-order valence-corrected chi connectivity index (χ2v) is 4.25. The van der Waals surface area contributed by atoms with Crippen molar-refractivity contribution in [2.45, 2.75) is 0 Å². The van der Waals surface area contributed by atoms with Gasteiger partial charge in [0.15, 0.2) is 5.17 Å². The maximum Gasteiger partial charge on any atom is 0.275 e. The molecule has 0 unspecified atom stereocenters. The Labute approximate surface area is 107 Å². The Balaban J connectivity index is 2.25. The van der Waals surface area contributed by atoms with Gasteiger partial charge in [-0.15, -0.1) is 0 Å². The summed E-state index contributed by atoms with van der Waals surface area (Å²) in [4.78, 5) is 25.6. The van der Waals surface area contributed by atoms with Crippen LogP contribution in [0.25, 0.3) is 6.08 Å². The number of carbonyl (C=O) groups excluding carboxylic acids is 1. The molecule has 0 radical (unpaired) electrons. The average Bonchev–Trinajstić information content (AvgIpc) is 2.71. The van der Waals surface area contributed by atoms with Crippen LogP contribution in [0.15, 0.2) is 35.0 Å². The Morgan fingerprint density at radius 3 is 2.56 bits per heavy atom. The van der Waals surface area contributed by atoms with Crippen LogP contribution in [0.4, 0.5) is 5.69 Å². The van der Waals surface area contributed by atoms with E-state index in [9.17, 15) is 14.9 Å². The number of thioether (sulfide) groups is 1. The number of amidine groups is 1. The highest BCUT2D eigenvalue weighted by Gasteiger charge is 2.18. The van der Waals surface area contributed by atoms with Gasteiger partial charge in [-0.3, -0.25) is 20.2 Å². The first-order chi connectivity index (χ1) is 8.60. The molecule has 1 aliphatic heterocycles. The van der Waals surface area contributed by atoms with Crippen molar-refractivity contribution in [2.24, 2.45) is 4.99 Å². The van der Waals surface area contributed by atoms with Crippen molar-refractivity contribution in [2.75, 3.05) is 6.26 Å². The Hall–Kier alpha value is -2.15. The van der Waals surface area contributed by atoms with Crippen molar-refractivity contribution < 1.29 is 9.72 Å². The van der Waals surface area contributed by atoms with E-state index in [-0.39, 0.29) is 11.6 Å². The topological polar surface area (TPSA) is 84.6 Å². The van der Waals surface area contributed by atoms with Gasteiger partial charge >= 0.3 is 0 Å². The van der Waals surface area contributed by atoms with Crippen molar-refractivity contribution in [1.82, 2.24) is 5.32 Å². The summed E-state index contributed by atoms with van der Waals surface area (Å²) < 4.78 is 0. The molecule has 7 heteroatoms. The van der Waals surface area contributed by atoms with Crippen LogP contribution >= 0.6 is 11.8 Å². The van der Waals surface area contributed by atoms with Gasteiger partial charge < -0.3 is 0 Å². The zero-order chi connectivity index (χ0) is 13.1. The number of rotatable bonds is 2. The molecule has 92 valence electrons. The monoisotopic (exact) mass is 263 g/mol. The van der Waals surface area contributed by atoms with Gasteiger partial charge in [0.2, 0.25) is 0 Å². The second-order valence-electron chi connectivity index (χ2n) is 3.45. The third kappa shape index (κ3) is 2.57. The van der Waals surface area contributed by atoms with Gasteiger partial charge in [0.1, 0.15) is 5.70 Å².